The fourth-order valence-electron chi connectivity index (χ4n) is 3.58. The normalized spacial score (nSPS) is 20.8. The molecular formula is C20H28N2O4. The van der Waals surface area contributed by atoms with Crippen molar-refractivity contribution in [3.8, 4) is 0 Å². The van der Waals surface area contributed by atoms with Crippen LogP contribution in [0.3, 0.4) is 0 Å². The monoisotopic (exact) mass is 360 g/mol. The third-order valence-corrected chi connectivity index (χ3v) is 5.29. The molecule has 0 saturated carbocycles. The average Bonchev–Trinajstić information content (AvgIpc) is 2.62. The van der Waals surface area contributed by atoms with Gasteiger partial charge in [0.15, 0.2) is 0 Å². The lowest BCUT2D eigenvalue weighted by Gasteiger charge is -2.42. The maximum absolute atomic E-state index is 12.7. The number of hydrogen-bond acceptors (Lipinski definition) is 4. The molecule has 0 unspecified atom stereocenters. The molecule has 142 valence electrons. The molecule has 3 rings (SSSR count). The van der Waals surface area contributed by atoms with Crippen molar-refractivity contribution in [2.75, 3.05) is 39.9 Å². The van der Waals surface area contributed by atoms with E-state index in [4.69, 9.17) is 9.47 Å². The molecule has 0 N–H and O–H groups in total. The van der Waals surface area contributed by atoms with Gasteiger partial charge in [0.1, 0.15) is 6.61 Å². The van der Waals surface area contributed by atoms with Crippen molar-refractivity contribution >= 4 is 11.8 Å². The lowest BCUT2D eigenvalue weighted by molar-refractivity contribution is -0.153. The first kappa shape index (κ1) is 18.9. The van der Waals surface area contributed by atoms with E-state index in [0.717, 1.165) is 12.8 Å². The summed E-state index contributed by atoms with van der Waals surface area (Å²) in [5, 5.41) is 0. The highest BCUT2D eigenvalue weighted by Gasteiger charge is 2.37. The van der Waals surface area contributed by atoms with E-state index in [1.54, 1.807) is 4.90 Å². The summed E-state index contributed by atoms with van der Waals surface area (Å²) >= 11 is 0. The van der Waals surface area contributed by atoms with Crippen LogP contribution in [0, 0.1) is 12.8 Å². The van der Waals surface area contributed by atoms with Gasteiger partial charge in [0.2, 0.25) is 11.8 Å². The van der Waals surface area contributed by atoms with E-state index < -0.39 is 0 Å². The second-order valence-corrected chi connectivity index (χ2v) is 7.21. The van der Waals surface area contributed by atoms with E-state index in [2.05, 4.69) is 19.1 Å². The Kier molecular flexibility index (Phi) is 6.27. The Bertz CT molecular complexity index is 642. The van der Waals surface area contributed by atoms with Gasteiger partial charge in [-0.05, 0) is 30.9 Å². The van der Waals surface area contributed by atoms with E-state index in [1.165, 1.54) is 18.2 Å². The van der Waals surface area contributed by atoms with Crippen molar-refractivity contribution in [3.63, 3.8) is 0 Å². The van der Waals surface area contributed by atoms with Crippen molar-refractivity contribution < 1.29 is 19.1 Å². The van der Waals surface area contributed by atoms with Crippen LogP contribution in [0.15, 0.2) is 24.3 Å². The number of ether oxygens (including phenoxy) is 2. The second kappa shape index (κ2) is 8.64. The molecule has 26 heavy (non-hydrogen) atoms. The summed E-state index contributed by atoms with van der Waals surface area (Å²) in [7, 11) is 1.52. The molecule has 2 fully saturated rings. The highest BCUT2D eigenvalue weighted by molar-refractivity contribution is 5.82. The first-order chi connectivity index (χ1) is 12.6. The van der Waals surface area contributed by atoms with Crippen molar-refractivity contribution in [2.24, 2.45) is 5.92 Å². The molecule has 2 heterocycles. The molecule has 2 aliphatic heterocycles. The van der Waals surface area contributed by atoms with Gasteiger partial charge < -0.3 is 19.3 Å². The molecule has 2 saturated heterocycles. The Morgan fingerprint density at radius 2 is 1.92 bits per heavy atom. The van der Waals surface area contributed by atoms with Crippen LogP contribution in [0.5, 0.6) is 0 Å². The Labute approximate surface area is 155 Å². The summed E-state index contributed by atoms with van der Waals surface area (Å²) in [5.74, 6) is 0.0191. The first-order valence-electron chi connectivity index (χ1n) is 9.30. The first-order valence-corrected chi connectivity index (χ1v) is 9.30. The minimum atomic E-state index is -0.0955. The molecule has 0 radical (unpaired) electrons. The number of carbonyl (C=O) groups is 2. The van der Waals surface area contributed by atoms with Gasteiger partial charge in [0, 0.05) is 33.3 Å². The maximum Gasteiger partial charge on any atom is 0.248 e. The molecule has 0 spiro atoms. The number of benzene rings is 1. The fourth-order valence-corrected chi connectivity index (χ4v) is 3.58. The molecule has 6 nitrogen and oxygen atoms in total. The van der Waals surface area contributed by atoms with E-state index in [0.29, 0.717) is 32.8 Å². The molecule has 1 atom stereocenters. The van der Waals surface area contributed by atoms with Crippen LogP contribution in [-0.4, -0.2) is 67.6 Å². The van der Waals surface area contributed by atoms with Gasteiger partial charge in [-0.2, -0.15) is 0 Å². The summed E-state index contributed by atoms with van der Waals surface area (Å²) in [6.45, 7) is 5.26. The lowest BCUT2D eigenvalue weighted by atomic mass is 9.94. The minimum Gasteiger partial charge on any atom is -0.375 e. The van der Waals surface area contributed by atoms with Crippen LogP contribution < -0.4 is 0 Å². The number of aryl methyl sites for hydroxylation is 1. The number of rotatable bonds is 6. The van der Waals surface area contributed by atoms with Gasteiger partial charge >= 0.3 is 0 Å². The SMILES string of the molecule is COCC(=O)N1CCC[C@H](C(=O)N2CC(OCc3ccccc3C)C2)C1. The Morgan fingerprint density at radius 1 is 1.15 bits per heavy atom. The molecular weight excluding hydrogens is 332 g/mol. The van der Waals surface area contributed by atoms with E-state index in [9.17, 15) is 9.59 Å². The predicted molar refractivity (Wildman–Crippen MR) is 97.5 cm³/mol. The zero-order valence-corrected chi connectivity index (χ0v) is 15.6. The Morgan fingerprint density at radius 3 is 2.65 bits per heavy atom. The Balaban J connectivity index is 1.43. The third kappa shape index (κ3) is 4.43. The summed E-state index contributed by atoms with van der Waals surface area (Å²) in [5.41, 5.74) is 2.42. The van der Waals surface area contributed by atoms with Gasteiger partial charge in [-0.25, -0.2) is 0 Å². The van der Waals surface area contributed by atoms with Gasteiger partial charge in [-0.3, -0.25) is 9.59 Å². The molecule has 0 aromatic heterocycles. The largest absolute Gasteiger partial charge is 0.375 e. The lowest BCUT2D eigenvalue weighted by Crippen LogP contribution is -2.58. The molecule has 1 aromatic rings. The minimum absolute atomic E-state index is 0.0342. The summed E-state index contributed by atoms with van der Waals surface area (Å²) in [4.78, 5) is 28.3. The number of likely N-dealkylation sites (tertiary alicyclic amines) is 2. The molecule has 1 aromatic carbocycles. The summed E-state index contributed by atoms with van der Waals surface area (Å²) in [6, 6.07) is 8.19. The van der Waals surface area contributed by atoms with Crippen LogP contribution in [0.25, 0.3) is 0 Å². The number of nitrogens with zero attached hydrogens (tertiary/aromatic N) is 2. The highest BCUT2D eigenvalue weighted by atomic mass is 16.5. The average molecular weight is 360 g/mol. The molecule has 0 bridgehead atoms. The maximum atomic E-state index is 12.7. The van der Waals surface area contributed by atoms with Crippen LogP contribution >= 0.6 is 0 Å². The third-order valence-electron chi connectivity index (χ3n) is 5.29. The van der Waals surface area contributed by atoms with Crippen molar-refractivity contribution in [3.05, 3.63) is 35.4 Å². The van der Waals surface area contributed by atoms with Gasteiger partial charge in [0.05, 0.1) is 18.6 Å². The van der Waals surface area contributed by atoms with Crippen LogP contribution in [0.1, 0.15) is 24.0 Å². The number of hydrogen-bond donors (Lipinski definition) is 0. The predicted octanol–water partition coefficient (Wildman–Crippen LogP) is 1.61. The van der Waals surface area contributed by atoms with Gasteiger partial charge in [0.25, 0.3) is 0 Å². The number of methoxy groups -OCH3 is 1. The van der Waals surface area contributed by atoms with E-state index >= 15 is 0 Å². The zero-order chi connectivity index (χ0) is 18.5. The highest BCUT2D eigenvalue weighted by Crippen LogP contribution is 2.23. The number of piperidine rings is 1. The molecule has 2 aliphatic rings. The van der Waals surface area contributed by atoms with Crippen LogP contribution in [-0.2, 0) is 25.7 Å². The quantitative estimate of drug-likeness (QED) is 0.773. The fraction of sp³-hybridized carbons (Fsp3) is 0.600. The zero-order valence-electron chi connectivity index (χ0n) is 15.6. The van der Waals surface area contributed by atoms with Crippen molar-refractivity contribution in [1.82, 2.24) is 9.80 Å². The van der Waals surface area contributed by atoms with E-state index in [1.807, 2.05) is 17.0 Å². The second-order valence-electron chi connectivity index (χ2n) is 7.21. The number of amides is 2. The topological polar surface area (TPSA) is 59.1 Å². The van der Waals surface area contributed by atoms with Gasteiger partial charge in [-0.1, -0.05) is 24.3 Å². The number of carbonyl (C=O) groups excluding carboxylic acids is 2. The van der Waals surface area contributed by atoms with Crippen LogP contribution in [0.4, 0.5) is 0 Å². The summed E-state index contributed by atoms with van der Waals surface area (Å²) in [6.07, 6.45) is 1.82. The summed E-state index contributed by atoms with van der Waals surface area (Å²) < 4.78 is 10.8. The molecule has 2 amide bonds. The smallest absolute Gasteiger partial charge is 0.248 e. The Hall–Kier alpha value is -1.92. The van der Waals surface area contributed by atoms with Crippen LogP contribution in [0.2, 0.25) is 0 Å². The standard InChI is InChI=1S/C20H28N2O4/c1-15-6-3-4-7-17(15)13-26-18-11-22(12-18)20(24)16-8-5-9-21(10-16)19(23)14-25-2/h3-4,6-7,16,18H,5,8-14H2,1-2H3/t16-/m0/s1. The molecule has 0 aliphatic carbocycles. The van der Waals surface area contributed by atoms with E-state index in [-0.39, 0.29) is 30.4 Å². The van der Waals surface area contributed by atoms with Crippen molar-refractivity contribution in [1.29, 1.82) is 0 Å². The molecule has 6 heteroatoms. The van der Waals surface area contributed by atoms with Gasteiger partial charge in [-0.15, -0.1) is 0 Å². The van der Waals surface area contributed by atoms with Crippen molar-refractivity contribution in [2.45, 2.75) is 32.5 Å².